The van der Waals surface area contributed by atoms with Crippen molar-refractivity contribution in [2.45, 2.75) is 19.3 Å². The number of carbonyl (C=O) groups excluding carboxylic acids is 1. The second-order valence-electron chi connectivity index (χ2n) is 7.34. The number of benzene rings is 1. The van der Waals surface area contributed by atoms with Crippen molar-refractivity contribution in [1.82, 2.24) is 14.8 Å². The van der Waals surface area contributed by atoms with Crippen LogP contribution in [0.25, 0.3) is 10.9 Å². The molecule has 3 heterocycles. The summed E-state index contributed by atoms with van der Waals surface area (Å²) >= 11 is 3.61. The number of likely N-dealkylation sites (tertiary alicyclic amines) is 1. The van der Waals surface area contributed by atoms with Crippen LogP contribution >= 0.6 is 15.9 Å². The molecule has 2 aliphatic heterocycles. The van der Waals surface area contributed by atoms with E-state index in [2.05, 4.69) is 25.8 Å². The Morgan fingerprint density at radius 3 is 2.62 bits per heavy atom. The zero-order chi connectivity index (χ0) is 17.9. The number of hydrogen-bond acceptors (Lipinski definition) is 3. The summed E-state index contributed by atoms with van der Waals surface area (Å²) in [5, 5.41) is 1.07. The van der Waals surface area contributed by atoms with Crippen LogP contribution in [0.2, 0.25) is 0 Å². The second kappa shape index (κ2) is 8.11. The van der Waals surface area contributed by atoms with Gasteiger partial charge in [0.1, 0.15) is 5.69 Å². The number of fused-ring (bicyclic) bond motifs is 1. The first-order chi connectivity index (χ1) is 12.7. The van der Waals surface area contributed by atoms with E-state index in [4.69, 9.17) is 4.74 Å². The molecule has 0 radical (unpaired) electrons. The van der Waals surface area contributed by atoms with E-state index < -0.39 is 0 Å². The summed E-state index contributed by atoms with van der Waals surface area (Å²) in [6.07, 6.45) is 3.44. The number of piperidine rings is 1. The lowest BCUT2D eigenvalue weighted by atomic mass is 9.93. The van der Waals surface area contributed by atoms with Crippen LogP contribution < -0.4 is 0 Å². The van der Waals surface area contributed by atoms with Crippen LogP contribution in [-0.2, 0) is 4.74 Å². The van der Waals surface area contributed by atoms with Gasteiger partial charge in [0.2, 0.25) is 0 Å². The minimum absolute atomic E-state index is 0.111. The van der Waals surface area contributed by atoms with Gasteiger partial charge >= 0.3 is 0 Å². The number of nitrogens with zero attached hydrogens (tertiary/aromatic N) is 2. The highest BCUT2D eigenvalue weighted by Crippen LogP contribution is 2.30. The smallest absolute Gasteiger partial charge is 0.271 e. The average molecular weight is 420 g/mol. The number of hydrogen-bond donors (Lipinski definition) is 1. The first-order valence-electron chi connectivity index (χ1n) is 9.58. The largest absolute Gasteiger partial charge is 0.379 e. The summed E-state index contributed by atoms with van der Waals surface area (Å²) in [5.41, 5.74) is 1.68. The fourth-order valence-corrected chi connectivity index (χ4v) is 4.64. The Hall–Kier alpha value is -1.37. The predicted molar refractivity (Wildman–Crippen MR) is 107 cm³/mol. The van der Waals surface area contributed by atoms with Crippen LogP contribution in [-0.4, -0.2) is 66.6 Å². The molecule has 0 spiro atoms. The molecule has 1 aromatic carbocycles. The molecule has 0 aliphatic carbocycles. The Kier molecular flexibility index (Phi) is 5.62. The molecule has 2 saturated heterocycles. The monoisotopic (exact) mass is 419 g/mol. The molecule has 0 saturated carbocycles. The molecular formula is C20H26BrN3O2. The van der Waals surface area contributed by atoms with Gasteiger partial charge in [0.15, 0.2) is 0 Å². The first-order valence-corrected chi connectivity index (χ1v) is 10.4. The molecule has 1 amide bonds. The lowest BCUT2D eigenvalue weighted by Crippen LogP contribution is -2.41. The van der Waals surface area contributed by atoms with Crippen molar-refractivity contribution >= 4 is 32.7 Å². The number of ether oxygens (including phenoxy) is 1. The predicted octanol–water partition coefficient (Wildman–Crippen LogP) is 3.50. The molecule has 26 heavy (non-hydrogen) atoms. The number of morpholine rings is 1. The molecule has 2 aliphatic rings. The van der Waals surface area contributed by atoms with Crippen LogP contribution in [0.1, 0.15) is 29.8 Å². The van der Waals surface area contributed by atoms with E-state index >= 15 is 0 Å². The van der Waals surface area contributed by atoms with Crippen molar-refractivity contribution in [3.05, 3.63) is 34.4 Å². The standard InChI is InChI=1S/C20H26BrN3O2/c21-18-16-3-1-2-4-17(16)22-19(18)20(25)24-9-6-15(7-10-24)5-8-23-11-13-26-14-12-23/h1-4,15,22H,5-14H2. The molecule has 1 N–H and O–H groups in total. The molecule has 0 unspecified atom stereocenters. The van der Waals surface area contributed by atoms with E-state index in [9.17, 15) is 4.79 Å². The third-order valence-electron chi connectivity index (χ3n) is 5.72. The molecule has 1 aromatic heterocycles. The summed E-state index contributed by atoms with van der Waals surface area (Å²) in [7, 11) is 0. The maximum atomic E-state index is 12.9. The Morgan fingerprint density at radius 1 is 1.15 bits per heavy atom. The second-order valence-corrected chi connectivity index (χ2v) is 8.13. The van der Waals surface area contributed by atoms with E-state index in [0.717, 1.165) is 80.1 Å². The molecule has 0 bridgehead atoms. The first kappa shape index (κ1) is 18.0. The fraction of sp³-hybridized carbons (Fsp3) is 0.550. The molecule has 4 rings (SSSR count). The normalized spacial score (nSPS) is 20.0. The summed E-state index contributed by atoms with van der Waals surface area (Å²) in [5.74, 6) is 0.841. The highest BCUT2D eigenvalue weighted by atomic mass is 79.9. The summed E-state index contributed by atoms with van der Waals surface area (Å²) < 4.78 is 6.29. The summed E-state index contributed by atoms with van der Waals surface area (Å²) in [6.45, 7) is 6.73. The molecular weight excluding hydrogens is 394 g/mol. The Balaban J connectivity index is 1.32. The number of aromatic nitrogens is 1. The number of carbonyl (C=O) groups is 1. The van der Waals surface area contributed by atoms with Gasteiger partial charge in [-0.2, -0.15) is 0 Å². The van der Waals surface area contributed by atoms with Crippen LogP contribution in [0.4, 0.5) is 0 Å². The van der Waals surface area contributed by atoms with Crippen molar-refractivity contribution < 1.29 is 9.53 Å². The lowest BCUT2D eigenvalue weighted by molar-refractivity contribution is 0.0332. The van der Waals surface area contributed by atoms with Crippen molar-refractivity contribution in [1.29, 1.82) is 0 Å². The lowest BCUT2D eigenvalue weighted by Gasteiger charge is -2.33. The quantitative estimate of drug-likeness (QED) is 0.824. The number of rotatable bonds is 4. The SMILES string of the molecule is O=C(c1[nH]c2ccccc2c1Br)N1CCC(CCN2CCOCC2)CC1. The van der Waals surface area contributed by atoms with E-state index in [1.54, 1.807) is 0 Å². The maximum Gasteiger partial charge on any atom is 0.271 e. The van der Waals surface area contributed by atoms with Gasteiger partial charge in [-0.25, -0.2) is 0 Å². The molecule has 5 nitrogen and oxygen atoms in total. The van der Waals surface area contributed by atoms with E-state index in [1.165, 1.54) is 6.42 Å². The van der Waals surface area contributed by atoms with Gasteiger partial charge in [-0.1, -0.05) is 18.2 Å². The van der Waals surface area contributed by atoms with Gasteiger partial charge < -0.3 is 14.6 Å². The van der Waals surface area contributed by atoms with Crippen molar-refractivity contribution in [3.8, 4) is 0 Å². The van der Waals surface area contributed by atoms with E-state index in [1.807, 2.05) is 29.2 Å². The van der Waals surface area contributed by atoms with E-state index in [-0.39, 0.29) is 5.91 Å². The van der Waals surface area contributed by atoms with Crippen molar-refractivity contribution in [2.75, 3.05) is 45.9 Å². The number of amides is 1. The third kappa shape index (κ3) is 3.82. The van der Waals surface area contributed by atoms with Crippen molar-refractivity contribution in [2.24, 2.45) is 5.92 Å². The maximum absolute atomic E-state index is 12.9. The highest BCUT2D eigenvalue weighted by molar-refractivity contribution is 9.10. The van der Waals surface area contributed by atoms with Gasteiger partial charge in [0, 0.05) is 37.1 Å². The number of H-pyrrole nitrogens is 1. The number of para-hydroxylation sites is 1. The molecule has 0 atom stereocenters. The number of aromatic amines is 1. The van der Waals surface area contributed by atoms with Crippen LogP contribution in [0.5, 0.6) is 0 Å². The molecule has 140 valence electrons. The zero-order valence-corrected chi connectivity index (χ0v) is 16.6. The molecule has 2 fully saturated rings. The summed E-state index contributed by atoms with van der Waals surface area (Å²) in [6, 6.07) is 8.02. The number of halogens is 1. The Morgan fingerprint density at radius 2 is 1.88 bits per heavy atom. The summed E-state index contributed by atoms with van der Waals surface area (Å²) in [4.78, 5) is 20.7. The van der Waals surface area contributed by atoms with Crippen LogP contribution in [0.15, 0.2) is 28.7 Å². The van der Waals surface area contributed by atoms with Gasteiger partial charge in [0.25, 0.3) is 5.91 Å². The minimum Gasteiger partial charge on any atom is -0.379 e. The Bertz CT molecular complexity index is 762. The van der Waals surface area contributed by atoms with Crippen molar-refractivity contribution in [3.63, 3.8) is 0 Å². The molecule has 6 heteroatoms. The topological polar surface area (TPSA) is 48.6 Å². The highest BCUT2D eigenvalue weighted by Gasteiger charge is 2.26. The van der Waals surface area contributed by atoms with Crippen LogP contribution in [0.3, 0.4) is 0 Å². The number of nitrogens with one attached hydrogen (secondary N) is 1. The van der Waals surface area contributed by atoms with E-state index in [0.29, 0.717) is 5.69 Å². The van der Waals surface area contributed by atoms with Gasteiger partial charge in [0.05, 0.1) is 17.7 Å². The third-order valence-corrected chi connectivity index (χ3v) is 6.54. The minimum atomic E-state index is 0.111. The zero-order valence-electron chi connectivity index (χ0n) is 15.0. The van der Waals surface area contributed by atoms with Gasteiger partial charge in [-0.05, 0) is 53.7 Å². The van der Waals surface area contributed by atoms with Gasteiger partial charge in [-0.3, -0.25) is 9.69 Å². The average Bonchev–Trinajstić information content (AvgIpc) is 3.04. The molecule has 2 aromatic rings. The van der Waals surface area contributed by atoms with Crippen LogP contribution in [0, 0.1) is 5.92 Å². The Labute approximate surface area is 162 Å². The van der Waals surface area contributed by atoms with Gasteiger partial charge in [-0.15, -0.1) is 0 Å². The fourth-order valence-electron chi connectivity index (χ4n) is 4.03.